The summed E-state index contributed by atoms with van der Waals surface area (Å²) in [7, 11) is 0. The van der Waals surface area contributed by atoms with E-state index in [0.717, 1.165) is 25.7 Å². The summed E-state index contributed by atoms with van der Waals surface area (Å²) in [6.45, 7) is 0.385. The number of thioether (sulfide) groups is 1. The number of alkyl carbamates (subject to hydrolysis) is 1. The number of rotatable bonds is 10. The molecule has 0 atom stereocenters. The van der Waals surface area contributed by atoms with Gasteiger partial charge in [0.1, 0.15) is 13.2 Å². The van der Waals surface area contributed by atoms with Gasteiger partial charge in [-0.25, -0.2) is 4.79 Å². The third-order valence-electron chi connectivity index (χ3n) is 6.48. The van der Waals surface area contributed by atoms with E-state index in [1.165, 1.54) is 38.9 Å². The first-order chi connectivity index (χ1) is 16.5. The summed E-state index contributed by atoms with van der Waals surface area (Å²) in [6, 6.07) is 16.4. The number of hydrogen-bond acceptors (Lipinski definition) is 5. The van der Waals surface area contributed by atoms with E-state index in [9.17, 15) is 14.4 Å². The van der Waals surface area contributed by atoms with Crippen molar-refractivity contribution in [3.63, 3.8) is 0 Å². The van der Waals surface area contributed by atoms with Gasteiger partial charge in [0.2, 0.25) is 5.91 Å². The van der Waals surface area contributed by atoms with Crippen LogP contribution in [0, 0.1) is 0 Å². The number of fused-ring (bicyclic) bond motifs is 3. The summed E-state index contributed by atoms with van der Waals surface area (Å²) in [5.74, 6) is -0.374. The van der Waals surface area contributed by atoms with Crippen molar-refractivity contribution in [2.45, 2.75) is 37.6 Å². The standard InChI is InChI=1S/C26H30N2O5S/c29-24(28(15-25(30)31)18-7-1-2-8-18)17-34-14-13-27-26(32)33-16-23-21-11-5-3-9-19(21)20-10-4-6-12-22(20)23/h3-6,9-12,18,23H,1-2,7-8,13-17H2,(H,27,32)(H,30,31). The highest BCUT2D eigenvalue weighted by Crippen LogP contribution is 2.44. The second kappa shape index (κ2) is 11.4. The van der Waals surface area contributed by atoms with Crippen LogP contribution in [0.25, 0.3) is 11.1 Å². The average Bonchev–Trinajstić information content (AvgIpc) is 3.47. The molecule has 4 rings (SSSR count). The number of ether oxygens (including phenoxy) is 1. The van der Waals surface area contributed by atoms with E-state index < -0.39 is 12.1 Å². The fraction of sp³-hybridized carbons (Fsp3) is 0.423. The normalized spacial score (nSPS) is 14.9. The van der Waals surface area contributed by atoms with Gasteiger partial charge in [0.05, 0.1) is 5.75 Å². The molecule has 1 saturated carbocycles. The maximum absolute atomic E-state index is 12.5. The number of carbonyl (C=O) groups is 3. The van der Waals surface area contributed by atoms with Crippen LogP contribution in [-0.2, 0) is 14.3 Å². The maximum atomic E-state index is 12.5. The molecule has 7 nitrogen and oxygen atoms in total. The summed E-state index contributed by atoms with van der Waals surface area (Å²) >= 11 is 1.39. The molecule has 2 N–H and O–H groups in total. The lowest BCUT2D eigenvalue weighted by Gasteiger charge is -2.27. The predicted molar refractivity (Wildman–Crippen MR) is 132 cm³/mol. The number of carboxylic acid groups (broad SMARTS) is 1. The molecule has 1 fully saturated rings. The molecular weight excluding hydrogens is 452 g/mol. The van der Waals surface area contributed by atoms with Gasteiger partial charge in [-0.05, 0) is 35.1 Å². The zero-order valence-electron chi connectivity index (χ0n) is 19.1. The first-order valence-corrected chi connectivity index (χ1v) is 12.9. The van der Waals surface area contributed by atoms with Crippen molar-refractivity contribution >= 4 is 29.7 Å². The maximum Gasteiger partial charge on any atom is 0.407 e. The first-order valence-electron chi connectivity index (χ1n) is 11.7. The molecule has 0 spiro atoms. The minimum absolute atomic E-state index is 0.0148. The smallest absolute Gasteiger partial charge is 0.407 e. The fourth-order valence-electron chi connectivity index (χ4n) is 4.90. The Balaban J connectivity index is 1.19. The summed E-state index contributed by atoms with van der Waals surface area (Å²) in [6.07, 6.45) is 3.32. The highest BCUT2D eigenvalue weighted by Gasteiger charge is 2.29. The quantitative estimate of drug-likeness (QED) is 0.495. The van der Waals surface area contributed by atoms with Crippen LogP contribution in [0.3, 0.4) is 0 Å². The highest BCUT2D eigenvalue weighted by molar-refractivity contribution is 7.99. The lowest BCUT2D eigenvalue weighted by molar-refractivity contribution is -0.145. The molecule has 0 heterocycles. The molecule has 0 aliphatic heterocycles. The Hall–Kier alpha value is -3.00. The van der Waals surface area contributed by atoms with Crippen LogP contribution in [-0.4, -0.2) is 65.2 Å². The third kappa shape index (κ3) is 5.73. The Morgan fingerprint density at radius 2 is 1.62 bits per heavy atom. The van der Waals surface area contributed by atoms with E-state index in [4.69, 9.17) is 9.84 Å². The van der Waals surface area contributed by atoms with Crippen molar-refractivity contribution in [1.29, 1.82) is 0 Å². The van der Waals surface area contributed by atoms with E-state index >= 15 is 0 Å². The number of amides is 2. The van der Waals surface area contributed by atoms with Crippen LogP contribution in [0.1, 0.15) is 42.7 Å². The van der Waals surface area contributed by atoms with Gasteiger partial charge in [-0.1, -0.05) is 61.4 Å². The second-order valence-electron chi connectivity index (χ2n) is 8.66. The monoisotopic (exact) mass is 482 g/mol. The Labute approximate surface area is 203 Å². The molecule has 2 aromatic carbocycles. The Kier molecular flexibility index (Phi) is 8.11. The van der Waals surface area contributed by atoms with E-state index in [1.807, 2.05) is 24.3 Å². The highest BCUT2D eigenvalue weighted by atomic mass is 32.2. The van der Waals surface area contributed by atoms with Crippen LogP contribution >= 0.6 is 11.8 Å². The van der Waals surface area contributed by atoms with Crippen LogP contribution in [0.5, 0.6) is 0 Å². The number of nitrogens with zero attached hydrogens (tertiary/aromatic N) is 1. The van der Waals surface area contributed by atoms with Crippen molar-refractivity contribution in [2.24, 2.45) is 0 Å². The molecule has 0 bridgehead atoms. The molecule has 0 saturated heterocycles. The van der Waals surface area contributed by atoms with Gasteiger partial charge in [-0.3, -0.25) is 9.59 Å². The second-order valence-corrected chi connectivity index (χ2v) is 9.76. The minimum atomic E-state index is -0.984. The van der Waals surface area contributed by atoms with Crippen molar-refractivity contribution in [2.75, 3.05) is 31.2 Å². The van der Waals surface area contributed by atoms with Gasteiger partial charge < -0.3 is 20.1 Å². The third-order valence-corrected chi connectivity index (χ3v) is 7.42. The molecule has 2 aromatic rings. The molecule has 2 aliphatic rings. The molecule has 0 aromatic heterocycles. The number of carboxylic acids is 1. The minimum Gasteiger partial charge on any atom is -0.480 e. The molecule has 0 radical (unpaired) electrons. The first kappa shape index (κ1) is 24.1. The SMILES string of the molecule is O=C(O)CN(C(=O)CSCCNC(=O)OCC1c2ccccc2-c2ccccc21)C1CCCC1. The zero-order chi connectivity index (χ0) is 23.9. The van der Waals surface area contributed by atoms with E-state index in [1.54, 1.807) is 0 Å². The van der Waals surface area contributed by atoms with Gasteiger partial charge in [-0.2, -0.15) is 11.8 Å². The Bertz CT molecular complexity index is 992. The lowest BCUT2D eigenvalue weighted by atomic mass is 9.98. The van der Waals surface area contributed by atoms with E-state index in [2.05, 4.69) is 29.6 Å². The number of carbonyl (C=O) groups excluding carboxylic acids is 2. The van der Waals surface area contributed by atoms with Crippen LogP contribution in [0.4, 0.5) is 4.79 Å². The summed E-state index contributed by atoms with van der Waals surface area (Å²) in [4.78, 5) is 37.4. The molecule has 2 aliphatic carbocycles. The van der Waals surface area contributed by atoms with E-state index in [-0.39, 0.29) is 36.8 Å². The van der Waals surface area contributed by atoms with E-state index in [0.29, 0.717) is 12.3 Å². The zero-order valence-corrected chi connectivity index (χ0v) is 19.9. The molecule has 180 valence electrons. The molecule has 34 heavy (non-hydrogen) atoms. The van der Waals surface area contributed by atoms with Gasteiger partial charge in [0.25, 0.3) is 0 Å². The largest absolute Gasteiger partial charge is 0.480 e. The van der Waals surface area contributed by atoms with Crippen molar-refractivity contribution in [3.05, 3.63) is 59.7 Å². The van der Waals surface area contributed by atoms with Crippen molar-refractivity contribution in [1.82, 2.24) is 10.2 Å². The number of aliphatic carboxylic acids is 1. The van der Waals surface area contributed by atoms with Crippen LogP contribution in [0.2, 0.25) is 0 Å². The topological polar surface area (TPSA) is 95.9 Å². The van der Waals surface area contributed by atoms with Crippen LogP contribution < -0.4 is 5.32 Å². The molecule has 2 amide bonds. The average molecular weight is 483 g/mol. The molecular formula is C26H30N2O5S. The number of nitrogens with one attached hydrogen (secondary N) is 1. The fourth-order valence-corrected chi connectivity index (χ4v) is 5.63. The molecule has 8 heteroatoms. The lowest BCUT2D eigenvalue weighted by Crippen LogP contribution is -2.43. The van der Waals surface area contributed by atoms with Crippen molar-refractivity contribution in [3.8, 4) is 11.1 Å². The number of hydrogen-bond donors (Lipinski definition) is 2. The Morgan fingerprint density at radius 3 is 2.24 bits per heavy atom. The number of benzene rings is 2. The van der Waals surface area contributed by atoms with Gasteiger partial charge in [0.15, 0.2) is 0 Å². The predicted octanol–water partition coefficient (Wildman–Crippen LogP) is 4.11. The summed E-state index contributed by atoms with van der Waals surface area (Å²) < 4.78 is 5.52. The summed E-state index contributed by atoms with van der Waals surface area (Å²) in [5, 5.41) is 11.9. The van der Waals surface area contributed by atoms with Gasteiger partial charge >= 0.3 is 12.1 Å². The Morgan fingerprint density at radius 1 is 1.00 bits per heavy atom. The van der Waals surface area contributed by atoms with Gasteiger partial charge in [0, 0.05) is 24.3 Å². The van der Waals surface area contributed by atoms with Crippen molar-refractivity contribution < 1.29 is 24.2 Å². The van der Waals surface area contributed by atoms with Gasteiger partial charge in [-0.15, -0.1) is 0 Å². The van der Waals surface area contributed by atoms with Crippen LogP contribution in [0.15, 0.2) is 48.5 Å². The molecule has 0 unspecified atom stereocenters. The summed E-state index contributed by atoms with van der Waals surface area (Å²) in [5.41, 5.74) is 4.70.